The number of rotatable bonds is 3. The minimum Gasteiger partial charge on any atom is -0.506 e. The monoisotopic (exact) mass is 316 g/mol. The maximum atomic E-state index is 11.9. The largest absolute Gasteiger partial charge is 0.506 e. The van der Waals surface area contributed by atoms with E-state index in [1.165, 1.54) is 29.5 Å². The first-order valence-corrected chi connectivity index (χ1v) is 6.96. The van der Waals surface area contributed by atoms with Crippen molar-refractivity contribution in [1.82, 2.24) is 4.98 Å². The number of hydrogen-bond acceptors (Lipinski definition) is 7. The summed E-state index contributed by atoms with van der Waals surface area (Å²) < 4.78 is 5.03. The lowest BCUT2D eigenvalue weighted by Crippen LogP contribution is -2.06. The number of nitro groups is 1. The minimum absolute atomic E-state index is 0.0203. The molecule has 3 aromatic rings. The predicted octanol–water partition coefficient (Wildman–Crippen LogP) is 3.21. The molecule has 0 aliphatic rings. The Morgan fingerprint density at radius 2 is 2.23 bits per heavy atom. The number of non-ortho nitro benzene ring substituents is 1. The number of aromatic nitrogens is 1. The van der Waals surface area contributed by atoms with Crippen molar-refractivity contribution in [3.05, 3.63) is 66.8 Å². The Kier molecular flexibility index (Phi) is 3.43. The van der Waals surface area contributed by atoms with Gasteiger partial charge in [-0.3, -0.25) is 10.1 Å². The van der Waals surface area contributed by atoms with Gasteiger partial charge in [0.25, 0.3) is 5.69 Å². The van der Waals surface area contributed by atoms with Crippen LogP contribution in [0.15, 0.2) is 44.9 Å². The van der Waals surface area contributed by atoms with E-state index in [2.05, 4.69) is 4.98 Å². The SMILES string of the molecule is O=c1oc2cc([N+](=O)[O-])ccc2nc1/C=C(/O)c1cccs1. The Bertz CT molecular complexity index is 944. The van der Waals surface area contributed by atoms with E-state index >= 15 is 0 Å². The number of hydrogen-bond donors (Lipinski definition) is 1. The number of nitro benzene ring substituents is 1. The highest BCUT2D eigenvalue weighted by Crippen LogP contribution is 2.21. The van der Waals surface area contributed by atoms with Crippen molar-refractivity contribution in [2.24, 2.45) is 0 Å². The van der Waals surface area contributed by atoms with Crippen LogP contribution in [0.4, 0.5) is 5.69 Å². The molecule has 2 aromatic heterocycles. The van der Waals surface area contributed by atoms with Crippen LogP contribution in [0.25, 0.3) is 22.9 Å². The number of aliphatic hydroxyl groups excluding tert-OH is 1. The third-order valence-electron chi connectivity index (χ3n) is 2.85. The van der Waals surface area contributed by atoms with Crippen molar-refractivity contribution < 1.29 is 14.4 Å². The topological polar surface area (TPSA) is 106 Å². The molecule has 0 saturated heterocycles. The molecule has 0 bridgehead atoms. The third kappa shape index (κ3) is 2.59. The summed E-state index contributed by atoms with van der Waals surface area (Å²) in [5, 5.41) is 22.4. The van der Waals surface area contributed by atoms with Gasteiger partial charge in [-0.2, -0.15) is 0 Å². The number of thiophene rings is 1. The molecule has 0 saturated carbocycles. The first-order chi connectivity index (χ1) is 10.5. The highest BCUT2D eigenvalue weighted by Gasteiger charge is 2.12. The summed E-state index contributed by atoms with van der Waals surface area (Å²) >= 11 is 1.31. The molecule has 0 aliphatic heterocycles. The smallest absolute Gasteiger partial charge is 0.362 e. The molecule has 0 radical (unpaired) electrons. The molecule has 2 heterocycles. The second kappa shape index (κ2) is 5.41. The van der Waals surface area contributed by atoms with Gasteiger partial charge >= 0.3 is 5.63 Å². The lowest BCUT2D eigenvalue weighted by molar-refractivity contribution is -0.384. The van der Waals surface area contributed by atoms with Crippen LogP contribution in [-0.4, -0.2) is 15.0 Å². The van der Waals surface area contributed by atoms with Gasteiger partial charge < -0.3 is 9.52 Å². The Morgan fingerprint density at radius 3 is 2.91 bits per heavy atom. The Hall–Kier alpha value is -3.00. The summed E-state index contributed by atoms with van der Waals surface area (Å²) in [6.07, 6.45) is 1.21. The first-order valence-electron chi connectivity index (χ1n) is 6.08. The lowest BCUT2D eigenvalue weighted by Gasteiger charge is -1.99. The molecular weight excluding hydrogens is 308 g/mol. The van der Waals surface area contributed by atoms with Crippen LogP contribution in [0.1, 0.15) is 10.6 Å². The molecule has 0 amide bonds. The van der Waals surface area contributed by atoms with E-state index in [0.717, 1.165) is 6.07 Å². The van der Waals surface area contributed by atoms with Gasteiger partial charge in [-0.05, 0) is 17.5 Å². The number of aliphatic hydroxyl groups is 1. The molecule has 7 nitrogen and oxygen atoms in total. The van der Waals surface area contributed by atoms with Crippen molar-refractivity contribution in [3.63, 3.8) is 0 Å². The lowest BCUT2D eigenvalue weighted by atomic mass is 10.2. The van der Waals surface area contributed by atoms with Crippen molar-refractivity contribution in [2.45, 2.75) is 0 Å². The number of fused-ring (bicyclic) bond motifs is 1. The van der Waals surface area contributed by atoms with E-state index in [4.69, 9.17) is 4.42 Å². The maximum absolute atomic E-state index is 11.9. The fourth-order valence-electron chi connectivity index (χ4n) is 1.83. The van der Waals surface area contributed by atoms with Crippen LogP contribution < -0.4 is 5.63 Å². The van der Waals surface area contributed by atoms with Crippen LogP contribution in [0, 0.1) is 10.1 Å². The molecule has 110 valence electrons. The summed E-state index contributed by atoms with van der Waals surface area (Å²) in [5.74, 6) is -0.101. The number of benzene rings is 1. The minimum atomic E-state index is -0.781. The normalized spacial score (nSPS) is 11.7. The summed E-state index contributed by atoms with van der Waals surface area (Å²) in [5.41, 5.74) is -0.743. The molecule has 0 atom stereocenters. The van der Waals surface area contributed by atoms with Crippen LogP contribution in [-0.2, 0) is 0 Å². The zero-order chi connectivity index (χ0) is 15.7. The molecule has 3 rings (SSSR count). The summed E-state index contributed by atoms with van der Waals surface area (Å²) in [6.45, 7) is 0. The maximum Gasteiger partial charge on any atom is 0.362 e. The van der Waals surface area contributed by atoms with Gasteiger partial charge in [0.15, 0.2) is 11.3 Å². The van der Waals surface area contributed by atoms with E-state index in [1.807, 2.05) is 0 Å². The van der Waals surface area contributed by atoms with Gasteiger partial charge in [-0.1, -0.05) is 6.07 Å². The van der Waals surface area contributed by atoms with Crippen LogP contribution in [0.2, 0.25) is 0 Å². The summed E-state index contributed by atoms with van der Waals surface area (Å²) in [4.78, 5) is 26.6. The van der Waals surface area contributed by atoms with Gasteiger partial charge in [0.05, 0.1) is 15.9 Å². The van der Waals surface area contributed by atoms with Gasteiger partial charge in [0.1, 0.15) is 11.3 Å². The Balaban J connectivity index is 2.10. The second-order valence-electron chi connectivity index (χ2n) is 4.30. The average molecular weight is 316 g/mol. The van der Waals surface area contributed by atoms with E-state index in [0.29, 0.717) is 4.88 Å². The molecule has 1 aromatic carbocycles. The molecule has 0 aliphatic carbocycles. The second-order valence-corrected chi connectivity index (χ2v) is 5.25. The fraction of sp³-hybridized carbons (Fsp3) is 0. The highest BCUT2D eigenvalue weighted by molar-refractivity contribution is 7.11. The van der Waals surface area contributed by atoms with Crippen molar-refractivity contribution >= 4 is 40.0 Å². The zero-order valence-electron chi connectivity index (χ0n) is 10.9. The summed E-state index contributed by atoms with van der Waals surface area (Å²) in [6, 6.07) is 7.25. The van der Waals surface area contributed by atoms with E-state index < -0.39 is 10.5 Å². The van der Waals surface area contributed by atoms with E-state index in [-0.39, 0.29) is 28.2 Å². The van der Waals surface area contributed by atoms with Crippen LogP contribution >= 0.6 is 11.3 Å². The third-order valence-corrected chi connectivity index (χ3v) is 3.75. The summed E-state index contributed by atoms with van der Waals surface area (Å²) in [7, 11) is 0. The van der Waals surface area contributed by atoms with Crippen LogP contribution in [0.5, 0.6) is 0 Å². The molecule has 0 unspecified atom stereocenters. The van der Waals surface area contributed by atoms with E-state index in [1.54, 1.807) is 17.5 Å². The van der Waals surface area contributed by atoms with Crippen molar-refractivity contribution in [1.29, 1.82) is 0 Å². The average Bonchev–Trinajstić information content (AvgIpc) is 3.01. The van der Waals surface area contributed by atoms with Gasteiger partial charge in [0, 0.05) is 12.1 Å². The first kappa shape index (κ1) is 14.0. The Morgan fingerprint density at radius 1 is 1.41 bits per heavy atom. The van der Waals surface area contributed by atoms with Gasteiger partial charge in [-0.25, -0.2) is 9.78 Å². The van der Waals surface area contributed by atoms with Crippen molar-refractivity contribution in [2.75, 3.05) is 0 Å². The molecular formula is C14H8N2O5S. The molecule has 8 heteroatoms. The van der Waals surface area contributed by atoms with Crippen molar-refractivity contribution in [3.8, 4) is 0 Å². The predicted molar refractivity (Wildman–Crippen MR) is 81.8 cm³/mol. The zero-order valence-corrected chi connectivity index (χ0v) is 11.7. The fourth-order valence-corrected chi connectivity index (χ4v) is 2.47. The molecule has 0 fully saturated rings. The highest BCUT2D eigenvalue weighted by atomic mass is 32.1. The Labute approximate surface area is 126 Å². The van der Waals surface area contributed by atoms with Crippen LogP contribution in [0.3, 0.4) is 0 Å². The number of nitrogens with zero attached hydrogens (tertiary/aromatic N) is 2. The quantitative estimate of drug-likeness (QED) is 0.451. The van der Waals surface area contributed by atoms with E-state index in [9.17, 15) is 20.0 Å². The van der Waals surface area contributed by atoms with Gasteiger partial charge in [0.2, 0.25) is 0 Å². The molecule has 1 N–H and O–H groups in total. The molecule has 0 spiro atoms. The molecule has 22 heavy (non-hydrogen) atoms. The standard InChI is InChI=1S/C14H8N2O5S/c17-11(13-2-1-5-22-13)7-10-14(18)21-12-6-8(16(19)20)3-4-9(12)15-10/h1-7,17H/b11-7+. The van der Waals surface area contributed by atoms with Gasteiger partial charge in [-0.15, -0.1) is 11.3 Å².